The Hall–Kier alpha value is -4.52. The fraction of sp³-hybridized carbons (Fsp3) is 0.162. The number of hydrogen-bond acceptors (Lipinski definition) is 3. The van der Waals surface area contributed by atoms with E-state index in [2.05, 4.69) is 104 Å². The number of fused-ring (bicyclic) bond motifs is 2. The van der Waals surface area contributed by atoms with Crippen LogP contribution in [0.4, 0.5) is 22.7 Å². The number of rotatable bonds is 6. The average molecular weight is 588 g/mol. The van der Waals surface area contributed by atoms with Crippen molar-refractivity contribution >= 4 is 38.6 Å². The van der Waals surface area contributed by atoms with Crippen molar-refractivity contribution in [2.45, 2.75) is 43.4 Å². The smallest absolute Gasteiger partial charge is 0.294 e. The fourth-order valence-corrected chi connectivity index (χ4v) is 6.80. The Morgan fingerprint density at radius 3 is 2.07 bits per heavy atom. The number of allylic oxidation sites excluding steroid dienone is 6. The van der Waals surface area contributed by atoms with Crippen molar-refractivity contribution in [3.8, 4) is 0 Å². The molecule has 0 saturated heterocycles. The second kappa shape index (κ2) is 10.6. The average Bonchev–Trinajstić information content (AvgIpc) is 3.36. The third kappa shape index (κ3) is 4.97. The lowest BCUT2D eigenvalue weighted by molar-refractivity contribution is 0.483. The zero-order valence-electron chi connectivity index (χ0n) is 24.8. The third-order valence-corrected chi connectivity index (χ3v) is 9.37. The van der Waals surface area contributed by atoms with Crippen LogP contribution in [0.25, 0.3) is 0 Å². The van der Waals surface area contributed by atoms with Gasteiger partial charge in [0.2, 0.25) is 11.4 Å². The first-order valence-corrected chi connectivity index (χ1v) is 15.8. The Morgan fingerprint density at radius 2 is 1.37 bits per heavy atom. The molecule has 4 aromatic rings. The van der Waals surface area contributed by atoms with Gasteiger partial charge in [0.1, 0.15) is 0 Å². The summed E-state index contributed by atoms with van der Waals surface area (Å²) in [5, 5.41) is 0. The van der Waals surface area contributed by atoms with Gasteiger partial charge in [0.25, 0.3) is 10.1 Å². The van der Waals surface area contributed by atoms with E-state index in [1.807, 2.05) is 48.6 Å². The zero-order chi connectivity index (χ0) is 30.4. The molecule has 0 radical (unpaired) electrons. The molecule has 5 nitrogen and oxygen atoms in total. The van der Waals surface area contributed by atoms with Crippen molar-refractivity contribution in [1.29, 1.82) is 0 Å². The number of anilines is 2. The number of nitrogens with zero attached hydrogens (tertiary/aromatic N) is 2. The standard InChI is InChI=1S/C37H34N2O3S/c1-36(2)30-20-14-15-21-32(30)38(27-16-8-5-9-17-27)34(36)22-12-7-13-23-35-37(3,4)31-26-29(43(40,41)42)24-25-33(31)39(35)28-18-10-6-11-19-28/h5-26H,1-4H3/p+1. The molecule has 0 spiro atoms. The Kier molecular flexibility index (Phi) is 7.07. The molecule has 2 heterocycles. The Labute approximate surface area is 254 Å². The predicted octanol–water partition coefficient (Wildman–Crippen LogP) is 8.63. The maximum atomic E-state index is 12.0. The van der Waals surface area contributed by atoms with Gasteiger partial charge in [-0.05, 0) is 55.8 Å². The highest BCUT2D eigenvalue weighted by Crippen LogP contribution is 2.51. The van der Waals surface area contributed by atoms with Crippen LogP contribution >= 0.6 is 0 Å². The molecule has 0 amide bonds. The SMILES string of the molecule is CC1(C)C(=CC=CC=CC2=[N+](c3ccccc3)c3ccccc3C2(C)C)N(c2ccccc2)c2ccc(S(=O)(=O)O)cc21. The molecule has 6 heteroatoms. The number of benzene rings is 4. The minimum Gasteiger partial charge on any atom is -0.313 e. The summed E-state index contributed by atoms with van der Waals surface area (Å²) in [5.74, 6) is 0. The highest BCUT2D eigenvalue weighted by atomic mass is 32.2. The van der Waals surface area contributed by atoms with Crippen LogP contribution in [0.2, 0.25) is 0 Å². The highest BCUT2D eigenvalue weighted by molar-refractivity contribution is 7.85. The summed E-state index contributed by atoms with van der Waals surface area (Å²) < 4.78 is 36.0. The van der Waals surface area contributed by atoms with Gasteiger partial charge in [-0.25, -0.2) is 0 Å². The third-order valence-electron chi connectivity index (χ3n) is 8.52. The second-order valence-corrected chi connectivity index (χ2v) is 13.4. The summed E-state index contributed by atoms with van der Waals surface area (Å²) >= 11 is 0. The summed E-state index contributed by atoms with van der Waals surface area (Å²) in [7, 11) is -4.33. The van der Waals surface area contributed by atoms with Crippen LogP contribution in [-0.2, 0) is 20.9 Å². The monoisotopic (exact) mass is 587 g/mol. The summed E-state index contributed by atoms with van der Waals surface area (Å²) in [6.07, 6.45) is 10.4. The molecular weight excluding hydrogens is 552 g/mol. The Bertz CT molecular complexity index is 1930. The molecule has 4 aromatic carbocycles. The van der Waals surface area contributed by atoms with Gasteiger partial charge in [0, 0.05) is 46.6 Å². The van der Waals surface area contributed by atoms with Crippen molar-refractivity contribution in [1.82, 2.24) is 4.58 Å². The van der Waals surface area contributed by atoms with E-state index < -0.39 is 15.5 Å². The van der Waals surface area contributed by atoms with Gasteiger partial charge in [0.05, 0.1) is 16.0 Å². The Morgan fingerprint density at radius 1 is 0.721 bits per heavy atom. The highest BCUT2D eigenvalue weighted by Gasteiger charge is 2.45. The van der Waals surface area contributed by atoms with Crippen molar-refractivity contribution < 1.29 is 13.0 Å². The molecule has 0 aliphatic carbocycles. The van der Waals surface area contributed by atoms with Crippen LogP contribution in [0, 0.1) is 0 Å². The molecule has 0 aromatic heterocycles. The van der Waals surface area contributed by atoms with E-state index in [-0.39, 0.29) is 10.3 Å². The van der Waals surface area contributed by atoms with Gasteiger partial charge in [0.15, 0.2) is 5.71 Å². The van der Waals surface area contributed by atoms with Crippen LogP contribution in [0.3, 0.4) is 0 Å². The molecule has 1 N–H and O–H groups in total. The van der Waals surface area contributed by atoms with E-state index in [4.69, 9.17) is 0 Å². The zero-order valence-corrected chi connectivity index (χ0v) is 25.6. The summed E-state index contributed by atoms with van der Waals surface area (Å²) in [5.41, 5.74) is 7.79. The molecule has 0 atom stereocenters. The molecule has 2 aliphatic rings. The first-order valence-electron chi connectivity index (χ1n) is 14.4. The molecule has 0 unspecified atom stereocenters. The molecule has 0 fully saturated rings. The quantitative estimate of drug-likeness (QED) is 0.139. The van der Waals surface area contributed by atoms with E-state index >= 15 is 0 Å². The fourth-order valence-electron chi connectivity index (χ4n) is 6.30. The van der Waals surface area contributed by atoms with Gasteiger partial charge in [-0.15, -0.1) is 0 Å². The van der Waals surface area contributed by atoms with Crippen molar-refractivity contribution in [2.24, 2.45) is 0 Å². The van der Waals surface area contributed by atoms with Gasteiger partial charge < -0.3 is 4.90 Å². The molecule has 0 bridgehead atoms. The maximum absolute atomic E-state index is 12.0. The maximum Gasteiger partial charge on any atom is 0.294 e. The largest absolute Gasteiger partial charge is 0.313 e. The second-order valence-electron chi connectivity index (χ2n) is 11.9. The minimum atomic E-state index is -4.33. The lowest BCUT2D eigenvalue weighted by atomic mass is 9.81. The summed E-state index contributed by atoms with van der Waals surface area (Å²) in [6, 6.07) is 33.8. The van der Waals surface area contributed by atoms with Crippen LogP contribution in [0.1, 0.15) is 38.8 Å². The van der Waals surface area contributed by atoms with E-state index in [1.54, 1.807) is 12.1 Å². The van der Waals surface area contributed by atoms with Gasteiger partial charge in [-0.1, -0.05) is 86.7 Å². The first-order chi connectivity index (χ1) is 20.5. The first kappa shape index (κ1) is 28.6. The molecule has 6 rings (SSSR count). The minimum absolute atomic E-state index is 0.104. The lowest BCUT2D eigenvalue weighted by Gasteiger charge is -2.27. The number of hydrogen-bond donors (Lipinski definition) is 1. The van der Waals surface area contributed by atoms with Gasteiger partial charge in [-0.3, -0.25) is 4.55 Å². The van der Waals surface area contributed by atoms with E-state index in [0.29, 0.717) is 0 Å². The van der Waals surface area contributed by atoms with Gasteiger partial charge >= 0.3 is 0 Å². The topological polar surface area (TPSA) is 60.6 Å². The predicted molar refractivity (Wildman–Crippen MR) is 177 cm³/mol. The van der Waals surface area contributed by atoms with E-state index in [1.165, 1.54) is 23.0 Å². The van der Waals surface area contributed by atoms with Crippen LogP contribution < -0.4 is 9.48 Å². The Balaban J connectivity index is 1.40. The molecule has 2 aliphatic heterocycles. The van der Waals surface area contributed by atoms with Crippen molar-refractivity contribution in [3.63, 3.8) is 0 Å². The summed E-state index contributed by atoms with van der Waals surface area (Å²) in [6.45, 7) is 8.67. The molecule has 216 valence electrons. The molecule has 0 saturated carbocycles. The molecule has 43 heavy (non-hydrogen) atoms. The van der Waals surface area contributed by atoms with Gasteiger partial charge in [-0.2, -0.15) is 13.0 Å². The van der Waals surface area contributed by atoms with Crippen molar-refractivity contribution in [2.75, 3.05) is 4.90 Å². The lowest BCUT2D eigenvalue weighted by Crippen LogP contribution is -2.27. The summed E-state index contributed by atoms with van der Waals surface area (Å²) in [4.78, 5) is 2.05. The van der Waals surface area contributed by atoms with Crippen molar-refractivity contribution in [3.05, 3.63) is 150 Å². The van der Waals surface area contributed by atoms with Crippen LogP contribution in [-0.4, -0.2) is 18.7 Å². The normalized spacial score (nSPS) is 18.2. The van der Waals surface area contributed by atoms with E-state index in [0.717, 1.165) is 28.3 Å². The van der Waals surface area contributed by atoms with Crippen LogP contribution in [0.15, 0.2) is 144 Å². The molecular formula is C37H35N2O3S+. The van der Waals surface area contributed by atoms with Crippen LogP contribution in [0.5, 0.6) is 0 Å². The number of para-hydroxylation sites is 3. The van der Waals surface area contributed by atoms with E-state index in [9.17, 15) is 13.0 Å².